The van der Waals surface area contributed by atoms with Crippen LogP contribution in [0.4, 0.5) is 0 Å². The van der Waals surface area contributed by atoms with Crippen molar-refractivity contribution >= 4 is 32.3 Å². The Bertz CT molecular complexity index is 2590. The molecule has 0 aliphatic heterocycles. The molecule has 0 amide bonds. The number of pyridine rings is 1. The van der Waals surface area contributed by atoms with E-state index >= 15 is 0 Å². The second kappa shape index (κ2) is 11.7. The summed E-state index contributed by atoms with van der Waals surface area (Å²) in [5.74, 6) is 0.695. The van der Waals surface area contributed by atoms with Gasteiger partial charge in [0.05, 0.1) is 11.4 Å². The molecule has 9 aromatic rings. The Morgan fingerprint density at radius 2 is 0.958 bits per heavy atom. The fourth-order valence-electron chi connectivity index (χ4n) is 6.80. The zero-order valence-corrected chi connectivity index (χ0v) is 26.1. The van der Waals surface area contributed by atoms with Crippen molar-refractivity contribution in [3.63, 3.8) is 0 Å². The van der Waals surface area contributed by atoms with E-state index in [2.05, 4.69) is 138 Å². The molecular weight excluding hydrogens is 583 g/mol. The molecular formula is C45H29N3. The Morgan fingerprint density at radius 3 is 1.77 bits per heavy atom. The Hall–Kier alpha value is -6.45. The Kier molecular flexibility index (Phi) is 6.80. The molecule has 3 heteroatoms. The van der Waals surface area contributed by atoms with Crippen molar-refractivity contribution in [2.45, 2.75) is 0 Å². The number of nitrogens with zero attached hydrogens (tertiary/aromatic N) is 3. The van der Waals surface area contributed by atoms with Gasteiger partial charge in [0.15, 0.2) is 5.82 Å². The van der Waals surface area contributed by atoms with Crippen LogP contribution in [-0.2, 0) is 0 Å². The smallest absolute Gasteiger partial charge is 0.160 e. The highest BCUT2D eigenvalue weighted by Crippen LogP contribution is 2.40. The summed E-state index contributed by atoms with van der Waals surface area (Å²) in [5.41, 5.74) is 9.48. The first kappa shape index (κ1) is 27.8. The second-order valence-corrected chi connectivity index (χ2v) is 12.1. The van der Waals surface area contributed by atoms with Gasteiger partial charge in [0.1, 0.15) is 0 Å². The van der Waals surface area contributed by atoms with Crippen molar-refractivity contribution in [3.05, 3.63) is 176 Å². The highest BCUT2D eigenvalue weighted by Gasteiger charge is 2.15. The van der Waals surface area contributed by atoms with Gasteiger partial charge in [-0.15, -0.1) is 0 Å². The van der Waals surface area contributed by atoms with Crippen molar-refractivity contribution in [3.8, 4) is 56.2 Å². The molecule has 7 aromatic carbocycles. The highest BCUT2D eigenvalue weighted by atomic mass is 14.9. The van der Waals surface area contributed by atoms with E-state index in [1.165, 1.54) is 43.4 Å². The first-order chi connectivity index (χ1) is 23.8. The fraction of sp³-hybridized carbons (Fsp3) is 0. The number of fused-ring (bicyclic) bond motifs is 4. The van der Waals surface area contributed by atoms with Crippen LogP contribution in [0.3, 0.4) is 0 Å². The van der Waals surface area contributed by atoms with Gasteiger partial charge in [0, 0.05) is 29.1 Å². The standard InChI is InChI=1S/C45H29N3/c1-2-10-32(11-3-1)42-29-43(37-14-8-13-35(27-37)30-23-25-46-26-24-30)48-45(47-42)34-19-17-33(18-20-34)44-39-16-7-5-12-36(39)28-41-38-15-6-4-9-31(38)21-22-40(41)44/h1-29H. The monoisotopic (exact) mass is 611 g/mol. The lowest BCUT2D eigenvalue weighted by molar-refractivity contribution is 1.18. The molecule has 3 nitrogen and oxygen atoms in total. The molecule has 0 unspecified atom stereocenters. The van der Waals surface area contributed by atoms with E-state index in [4.69, 9.17) is 9.97 Å². The van der Waals surface area contributed by atoms with E-state index in [1.54, 1.807) is 0 Å². The van der Waals surface area contributed by atoms with Gasteiger partial charge in [-0.1, -0.05) is 133 Å². The lowest BCUT2D eigenvalue weighted by Gasteiger charge is -2.15. The fourth-order valence-corrected chi connectivity index (χ4v) is 6.80. The van der Waals surface area contributed by atoms with Crippen LogP contribution in [0.5, 0.6) is 0 Å². The lowest BCUT2D eigenvalue weighted by Crippen LogP contribution is -1.96. The number of hydrogen-bond donors (Lipinski definition) is 0. The summed E-state index contributed by atoms with van der Waals surface area (Å²) >= 11 is 0. The molecule has 0 atom stereocenters. The van der Waals surface area contributed by atoms with Crippen LogP contribution < -0.4 is 0 Å². The maximum Gasteiger partial charge on any atom is 0.160 e. The van der Waals surface area contributed by atoms with E-state index in [-0.39, 0.29) is 0 Å². The molecule has 0 bridgehead atoms. The van der Waals surface area contributed by atoms with Gasteiger partial charge in [-0.25, -0.2) is 9.97 Å². The molecule has 0 N–H and O–H groups in total. The molecule has 48 heavy (non-hydrogen) atoms. The lowest BCUT2D eigenvalue weighted by atomic mass is 9.89. The molecule has 2 heterocycles. The molecule has 0 fully saturated rings. The van der Waals surface area contributed by atoms with Crippen LogP contribution in [0.2, 0.25) is 0 Å². The third kappa shape index (κ3) is 4.99. The van der Waals surface area contributed by atoms with Crippen LogP contribution in [0.15, 0.2) is 176 Å². The molecule has 0 aliphatic carbocycles. The SMILES string of the molecule is c1ccc(-c2cc(-c3cccc(-c4ccncc4)c3)nc(-c3ccc(-c4c5ccccc5cc5c4ccc4ccccc45)cc3)n2)cc1. The number of rotatable bonds is 5. The summed E-state index contributed by atoms with van der Waals surface area (Å²) in [4.78, 5) is 14.4. The van der Waals surface area contributed by atoms with Crippen molar-refractivity contribution in [1.82, 2.24) is 15.0 Å². The average molecular weight is 612 g/mol. The van der Waals surface area contributed by atoms with Crippen molar-refractivity contribution < 1.29 is 0 Å². The quantitative estimate of drug-likeness (QED) is 0.144. The first-order valence-corrected chi connectivity index (χ1v) is 16.2. The summed E-state index contributed by atoms with van der Waals surface area (Å²) in [7, 11) is 0. The molecule has 0 saturated carbocycles. The normalized spacial score (nSPS) is 11.3. The van der Waals surface area contributed by atoms with Crippen LogP contribution in [0.1, 0.15) is 0 Å². The minimum absolute atomic E-state index is 0.695. The van der Waals surface area contributed by atoms with E-state index in [9.17, 15) is 0 Å². The topological polar surface area (TPSA) is 38.7 Å². The van der Waals surface area contributed by atoms with Crippen LogP contribution in [0.25, 0.3) is 88.5 Å². The first-order valence-electron chi connectivity index (χ1n) is 16.2. The van der Waals surface area contributed by atoms with Crippen molar-refractivity contribution in [1.29, 1.82) is 0 Å². The minimum Gasteiger partial charge on any atom is -0.265 e. The highest BCUT2D eigenvalue weighted by molar-refractivity contribution is 6.20. The summed E-state index contributed by atoms with van der Waals surface area (Å²) < 4.78 is 0. The molecule has 0 spiro atoms. The number of hydrogen-bond acceptors (Lipinski definition) is 3. The van der Waals surface area contributed by atoms with Gasteiger partial charge in [0.2, 0.25) is 0 Å². The van der Waals surface area contributed by atoms with Gasteiger partial charge in [-0.2, -0.15) is 0 Å². The summed E-state index contributed by atoms with van der Waals surface area (Å²) in [6, 6.07) is 57.9. The third-order valence-corrected chi connectivity index (χ3v) is 9.17. The number of benzene rings is 7. The Morgan fingerprint density at radius 1 is 0.312 bits per heavy atom. The van der Waals surface area contributed by atoms with Crippen molar-refractivity contribution in [2.75, 3.05) is 0 Å². The van der Waals surface area contributed by atoms with Crippen molar-refractivity contribution in [2.24, 2.45) is 0 Å². The zero-order valence-electron chi connectivity index (χ0n) is 26.1. The molecule has 0 radical (unpaired) electrons. The van der Waals surface area contributed by atoms with Gasteiger partial charge in [0.25, 0.3) is 0 Å². The predicted octanol–water partition coefficient (Wildman–Crippen LogP) is 11.7. The Labute approximate surface area is 278 Å². The largest absolute Gasteiger partial charge is 0.265 e. The van der Waals surface area contributed by atoms with E-state index in [0.29, 0.717) is 5.82 Å². The van der Waals surface area contributed by atoms with Gasteiger partial charge in [-0.05, 0) is 84.9 Å². The predicted molar refractivity (Wildman–Crippen MR) is 200 cm³/mol. The summed E-state index contributed by atoms with van der Waals surface area (Å²) in [6.45, 7) is 0. The van der Waals surface area contributed by atoms with Crippen LogP contribution in [-0.4, -0.2) is 15.0 Å². The van der Waals surface area contributed by atoms with Crippen LogP contribution >= 0.6 is 0 Å². The number of aromatic nitrogens is 3. The zero-order chi connectivity index (χ0) is 31.9. The molecule has 224 valence electrons. The Balaban J connectivity index is 1.19. The third-order valence-electron chi connectivity index (χ3n) is 9.17. The molecule has 9 rings (SSSR count). The molecule has 2 aromatic heterocycles. The van der Waals surface area contributed by atoms with Crippen LogP contribution in [0, 0.1) is 0 Å². The van der Waals surface area contributed by atoms with E-state index < -0.39 is 0 Å². The maximum absolute atomic E-state index is 5.15. The second-order valence-electron chi connectivity index (χ2n) is 12.1. The summed E-state index contributed by atoms with van der Waals surface area (Å²) in [6.07, 6.45) is 3.65. The average Bonchev–Trinajstić information content (AvgIpc) is 3.17. The van der Waals surface area contributed by atoms with E-state index in [1.807, 2.05) is 42.7 Å². The minimum atomic E-state index is 0.695. The molecule has 0 saturated heterocycles. The maximum atomic E-state index is 5.15. The molecule has 0 aliphatic rings. The van der Waals surface area contributed by atoms with E-state index in [0.717, 1.165) is 39.2 Å². The summed E-state index contributed by atoms with van der Waals surface area (Å²) in [5, 5.41) is 7.51. The van der Waals surface area contributed by atoms with Gasteiger partial charge < -0.3 is 0 Å². The van der Waals surface area contributed by atoms with Gasteiger partial charge in [-0.3, -0.25) is 4.98 Å². The van der Waals surface area contributed by atoms with Gasteiger partial charge >= 0.3 is 0 Å².